The first-order chi connectivity index (χ1) is 9.83. The minimum atomic E-state index is 0.247. The molecule has 2 aliphatic rings. The lowest BCUT2D eigenvalue weighted by Crippen LogP contribution is -2.29. The van der Waals surface area contributed by atoms with Crippen molar-refractivity contribution in [2.24, 2.45) is 0 Å². The van der Waals surface area contributed by atoms with E-state index in [-0.39, 0.29) is 6.10 Å². The summed E-state index contributed by atoms with van der Waals surface area (Å²) >= 11 is 0. The molecule has 0 radical (unpaired) electrons. The minimum absolute atomic E-state index is 0.247. The molecule has 20 heavy (non-hydrogen) atoms. The van der Waals surface area contributed by atoms with Crippen LogP contribution < -0.4 is 10.1 Å². The zero-order valence-electron chi connectivity index (χ0n) is 12.2. The summed E-state index contributed by atoms with van der Waals surface area (Å²) in [6, 6.07) is 4.83. The number of methoxy groups -OCH3 is 1. The number of nitrogens with zero attached hydrogens (tertiary/aromatic N) is 1. The van der Waals surface area contributed by atoms with Gasteiger partial charge in [0.25, 0.3) is 0 Å². The minimum Gasteiger partial charge on any atom is -0.474 e. The Morgan fingerprint density at radius 1 is 1.20 bits per heavy atom. The Hall–Kier alpha value is -1.13. The van der Waals surface area contributed by atoms with Gasteiger partial charge >= 0.3 is 0 Å². The highest BCUT2D eigenvalue weighted by atomic mass is 16.5. The highest BCUT2D eigenvalue weighted by Crippen LogP contribution is 2.24. The molecule has 0 aromatic carbocycles. The molecule has 1 heterocycles. The second kappa shape index (κ2) is 6.55. The maximum absolute atomic E-state index is 5.97. The summed E-state index contributed by atoms with van der Waals surface area (Å²) in [6.07, 6.45) is 9.54. The van der Waals surface area contributed by atoms with Crippen molar-refractivity contribution < 1.29 is 9.47 Å². The molecule has 1 aromatic rings. The van der Waals surface area contributed by atoms with Gasteiger partial charge < -0.3 is 14.8 Å². The van der Waals surface area contributed by atoms with Crippen LogP contribution in [0.1, 0.15) is 44.1 Å². The van der Waals surface area contributed by atoms with Crippen LogP contribution in [0.3, 0.4) is 0 Å². The summed E-state index contributed by atoms with van der Waals surface area (Å²) < 4.78 is 11.4. The van der Waals surface area contributed by atoms with Gasteiger partial charge in [0.2, 0.25) is 5.88 Å². The Balaban J connectivity index is 1.49. The van der Waals surface area contributed by atoms with E-state index in [2.05, 4.69) is 16.4 Å². The standard InChI is InChI=1S/C16H24N2O2/c1-19-14-3-2-4-15(9-14)20-16-8-5-12(11-18-16)10-17-13-6-7-13/h5,8,11,13-15,17H,2-4,6-7,9-10H2,1H3. The predicted molar refractivity (Wildman–Crippen MR) is 77.8 cm³/mol. The average Bonchev–Trinajstić information content (AvgIpc) is 3.31. The Morgan fingerprint density at radius 2 is 2.05 bits per heavy atom. The molecule has 0 bridgehead atoms. The van der Waals surface area contributed by atoms with Gasteiger partial charge in [0.05, 0.1) is 6.10 Å². The second-order valence-corrected chi connectivity index (χ2v) is 5.92. The van der Waals surface area contributed by atoms with E-state index in [1.165, 1.54) is 24.8 Å². The van der Waals surface area contributed by atoms with Crippen LogP contribution in [0, 0.1) is 0 Å². The van der Waals surface area contributed by atoms with E-state index in [9.17, 15) is 0 Å². The molecule has 2 aliphatic carbocycles. The summed E-state index contributed by atoms with van der Waals surface area (Å²) in [7, 11) is 1.78. The van der Waals surface area contributed by atoms with Crippen molar-refractivity contribution in [2.45, 2.75) is 63.3 Å². The van der Waals surface area contributed by atoms with Crippen molar-refractivity contribution in [3.05, 3.63) is 23.9 Å². The van der Waals surface area contributed by atoms with Crippen molar-refractivity contribution in [3.63, 3.8) is 0 Å². The molecular formula is C16H24N2O2. The summed E-state index contributed by atoms with van der Waals surface area (Å²) in [4.78, 5) is 4.42. The molecule has 2 atom stereocenters. The van der Waals surface area contributed by atoms with E-state index >= 15 is 0 Å². The smallest absolute Gasteiger partial charge is 0.213 e. The third-order valence-electron chi connectivity index (χ3n) is 4.17. The number of hydrogen-bond acceptors (Lipinski definition) is 4. The molecule has 0 spiro atoms. The van der Waals surface area contributed by atoms with Crippen molar-refractivity contribution in [1.29, 1.82) is 0 Å². The maximum atomic E-state index is 5.97. The topological polar surface area (TPSA) is 43.4 Å². The third-order valence-corrected chi connectivity index (χ3v) is 4.17. The van der Waals surface area contributed by atoms with Crippen LogP contribution in [-0.2, 0) is 11.3 Å². The van der Waals surface area contributed by atoms with E-state index < -0.39 is 0 Å². The Kier molecular flexibility index (Phi) is 4.53. The van der Waals surface area contributed by atoms with Gasteiger partial charge in [-0.1, -0.05) is 6.07 Å². The number of rotatable bonds is 6. The lowest BCUT2D eigenvalue weighted by atomic mass is 9.95. The Labute approximate surface area is 120 Å². The van der Waals surface area contributed by atoms with E-state index in [4.69, 9.17) is 9.47 Å². The molecule has 4 nitrogen and oxygen atoms in total. The summed E-state index contributed by atoms with van der Waals surface area (Å²) in [6.45, 7) is 0.910. The molecule has 1 aromatic heterocycles. The maximum Gasteiger partial charge on any atom is 0.213 e. The first-order valence-electron chi connectivity index (χ1n) is 7.71. The van der Waals surface area contributed by atoms with Gasteiger partial charge in [-0.25, -0.2) is 4.98 Å². The third kappa shape index (κ3) is 3.93. The highest BCUT2D eigenvalue weighted by Gasteiger charge is 2.23. The number of ether oxygens (including phenoxy) is 2. The average molecular weight is 276 g/mol. The van der Waals surface area contributed by atoms with Gasteiger partial charge in [-0.3, -0.25) is 0 Å². The van der Waals surface area contributed by atoms with E-state index in [0.29, 0.717) is 6.10 Å². The molecule has 0 aliphatic heterocycles. The molecular weight excluding hydrogens is 252 g/mol. The van der Waals surface area contributed by atoms with Crippen LogP contribution in [0.4, 0.5) is 0 Å². The number of pyridine rings is 1. The normalized spacial score (nSPS) is 26.4. The first kappa shape index (κ1) is 13.8. The fourth-order valence-electron chi connectivity index (χ4n) is 2.73. The molecule has 2 unspecified atom stereocenters. The summed E-state index contributed by atoms with van der Waals surface area (Å²) in [5.41, 5.74) is 1.22. The molecule has 0 amide bonds. The van der Waals surface area contributed by atoms with Crippen LogP contribution in [0.2, 0.25) is 0 Å². The van der Waals surface area contributed by atoms with Crippen LogP contribution in [-0.4, -0.2) is 30.3 Å². The first-order valence-corrected chi connectivity index (χ1v) is 7.71. The monoisotopic (exact) mass is 276 g/mol. The van der Waals surface area contributed by atoms with Gasteiger partial charge in [0, 0.05) is 38.4 Å². The molecule has 1 N–H and O–H groups in total. The molecule has 4 heteroatoms. The van der Waals surface area contributed by atoms with Crippen molar-refractivity contribution >= 4 is 0 Å². The van der Waals surface area contributed by atoms with Gasteiger partial charge in [-0.15, -0.1) is 0 Å². The second-order valence-electron chi connectivity index (χ2n) is 5.92. The molecule has 3 rings (SSSR count). The van der Waals surface area contributed by atoms with Crippen LogP contribution in [0.5, 0.6) is 5.88 Å². The molecule has 110 valence electrons. The quantitative estimate of drug-likeness (QED) is 0.867. The molecule has 0 saturated heterocycles. The lowest BCUT2D eigenvalue weighted by Gasteiger charge is -2.28. The molecule has 2 fully saturated rings. The number of nitrogens with one attached hydrogen (secondary N) is 1. The molecule has 2 saturated carbocycles. The predicted octanol–water partition coefficient (Wildman–Crippen LogP) is 2.67. The largest absolute Gasteiger partial charge is 0.474 e. The SMILES string of the molecule is COC1CCCC(Oc2ccc(CNC3CC3)cn2)C1. The van der Waals surface area contributed by atoms with Crippen LogP contribution in [0.25, 0.3) is 0 Å². The van der Waals surface area contributed by atoms with Gasteiger partial charge in [0.1, 0.15) is 6.10 Å². The van der Waals surface area contributed by atoms with Crippen molar-refractivity contribution in [2.75, 3.05) is 7.11 Å². The Morgan fingerprint density at radius 3 is 2.75 bits per heavy atom. The fraction of sp³-hybridized carbons (Fsp3) is 0.688. The zero-order valence-corrected chi connectivity index (χ0v) is 12.2. The number of hydrogen-bond donors (Lipinski definition) is 1. The summed E-state index contributed by atoms with van der Waals surface area (Å²) in [5, 5.41) is 3.49. The van der Waals surface area contributed by atoms with Crippen LogP contribution in [0.15, 0.2) is 18.3 Å². The van der Waals surface area contributed by atoms with E-state index in [1.54, 1.807) is 7.11 Å². The zero-order chi connectivity index (χ0) is 13.8. The van der Waals surface area contributed by atoms with E-state index in [0.717, 1.165) is 37.7 Å². The summed E-state index contributed by atoms with van der Waals surface area (Å²) in [5.74, 6) is 0.738. The van der Waals surface area contributed by atoms with Gasteiger partial charge in [0.15, 0.2) is 0 Å². The lowest BCUT2D eigenvalue weighted by molar-refractivity contribution is 0.0195. The number of aromatic nitrogens is 1. The van der Waals surface area contributed by atoms with Crippen LogP contribution >= 0.6 is 0 Å². The van der Waals surface area contributed by atoms with Crippen molar-refractivity contribution in [1.82, 2.24) is 10.3 Å². The Bertz CT molecular complexity index is 417. The fourth-order valence-corrected chi connectivity index (χ4v) is 2.73. The van der Waals surface area contributed by atoms with E-state index in [1.807, 2.05) is 12.3 Å². The van der Waals surface area contributed by atoms with Gasteiger partial charge in [-0.05, 0) is 37.7 Å². The highest BCUT2D eigenvalue weighted by molar-refractivity contribution is 5.18. The van der Waals surface area contributed by atoms with Crippen molar-refractivity contribution in [3.8, 4) is 5.88 Å². The van der Waals surface area contributed by atoms with Gasteiger partial charge in [-0.2, -0.15) is 0 Å².